The number of pyridine rings is 1. The molecule has 0 bridgehead atoms. The summed E-state index contributed by atoms with van der Waals surface area (Å²) in [6.45, 7) is 6.24. The quantitative estimate of drug-likeness (QED) is 0.777. The topological polar surface area (TPSA) is 42.0 Å². The van der Waals surface area contributed by atoms with Crippen molar-refractivity contribution in [3.8, 4) is 0 Å². The van der Waals surface area contributed by atoms with Crippen molar-refractivity contribution in [3.63, 3.8) is 0 Å². The summed E-state index contributed by atoms with van der Waals surface area (Å²) >= 11 is 5.88. The zero-order valence-corrected chi connectivity index (χ0v) is 15.3. The van der Waals surface area contributed by atoms with Crippen LogP contribution in [0, 0.1) is 12.8 Å². The molecule has 1 aromatic heterocycles. The number of nitrogens with zero attached hydrogens (tertiary/aromatic N) is 1. The Morgan fingerprint density at radius 1 is 1.21 bits per heavy atom. The summed E-state index contributed by atoms with van der Waals surface area (Å²) in [4.78, 5) is 16.8. The van der Waals surface area contributed by atoms with Gasteiger partial charge in [-0.1, -0.05) is 43.6 Å². The average Bonchev–Trinajstić information content (AvgIpc) is 2.55. The van der Waals surface area contributed by atoms with Crippen LogP contribution in [0.15, 0.2) is 42.6 Å². The summed E-state index contributed by atoms with van der Waals surface area (Å²) in [6, 6.07) is 11.7. The van der Waals surface area contributed by atoms with E-state index in [0.29, 0.717) is 12.3 Å². The minimum Gasteiger partial charge on any atom is -0.347 e. The first-order valence-electron chi connectivity index (χ1n) is 8.42. The number of hydrogen-bond acceptors (Lipinski definition) is 2. The van der Waals surface area contributed by atoms with E-state index in [-0.39, 0.29) is 11.9 Å². The summed E-state index contributed by atoms with van der Waals surface area (Å²) in [5.41, 5.74) is 3.27. The number of aromatic nitrogens is 1. The largest absolute Gasteiger partial charge is 0.347 e. The number of nitrogens with one attached hydrogen (secondary N) is 1. The van der Waals surface area contributed by atoms with Gasteiger partial charge in [0.15, 0.2) is 0 Å². The van der Waals surface area contributed by atoms with Crippen LogP contribution in [0.4, 0.5) is 0 Å². The lowest BCUT2D eigenvalue weighted by molar-refractivity contribution is -0.122. The second-order valence-corrected chi connectivity index (χ2v) is 6.91. The predicted molar refractivity (Wildman–Crippen MR) is 99.1 cm³/mol. The van der Waals surface area contributed by atoms with Gasteiger partial charge in [-0.3, -0.25) is 9.78 Å². The Morgan fingerprint density at radius 2 is 1.92 bits per heavy atom. The number of amides is 1. The molecule has 24 heavy (non-hydrogen) atoms. The second kappa shape index (κ2) is 8.84. The smallest absolute Gasteiger partial charge is 0.220 e. The maximum absolute atomic E-state index is 12.3. The van der Waals surface area contributed by atoms with E-state index < -0.39 is 0 Å². The summed E-state index contributed by atoms with van der Waals surface area (Å²) < 4.78 is 0. The van der Waals surface area contributed by atoms with Crippen LogP contribution in [0.25, 0.3) is 0 Å². The van der Waals surface area contributed by atoms with Crippen LogP contribution >= 0.6 is 11.6 Å². The van der Waals surface area contributed by atoms with Gasteiger partial charge in [0.05, 0.1) is 11.7 Å². The third kappa shape index (κ3) is 5.34. The molecule has 1 heterocycles. The molecule has 0 saturated carbocycles. The Hall–Kier alpha value is -1.87. The molecule has 0 saturated heterocycles. The Balaban J connectivity index is 1.89. The van der Waals surface area contributed by atoms with Gasteiger partial charge >= 0.3 is 0 Å². The zero-order chi connectivity index (χ0) is 17.5. The molecule has 2 rings (SSSR count). The SMILES string of the molecule is Cc1cccnc1C(NC(=O)CCCc1ccc(Cl)cc1)C(C)C. The van der Waals surface area contributed by atoms with E-state index in [9.17, 15) is 4.79 Å². The Bertz CT molecular complexity index is 668. The lowest BCUT2D eigenvalue weighted by Crippen LogP contribution is -2.32. The summed E-state index contributed by atoms with van der Waals surface area (Å²) in [5.74, 6) is 0.367. The standard InChI is InChI=1S/C20H25ClN2O/c1-14(2)19(20-15(3)6-5-13-22-20)23-18(24)8-4-7-16-9-11-17(21)12-10-16/h5-6,9-14,19H,4,7-8H2,1-3H3,(H,23,24). The molecule has 2 aromatic rings. The highest BCUT2D eigenvalue weighted by atomic mass is 35.5. The van der Waals surface area contributed by atoms with Crippen molar-refractivity contribution in [2.24, 2.45) is 5.92 Å². The van der Waals surface area contributed by atoms with Gasteiger partial charge in [0, 0.05) is 17.6 Å². The third-order valence-corrected chi connectivity index (χ3v) is 4.36. The van der Waals surface area contributed by atoms with E-state index in [2.05, 4.69) is 24.1 Å². The first-order chi connectivity index (χ1) is 11.5. The molecule has 4 heteroatoms. The first-order valence-corrected chi connectivity index (χ1v) is 8.80. The normalized spacial score (nSPS) is 12.2. The highest BCUT2D eigenvalue weighted by molar-refractivity contribution is 6.30. The van der Waals surface area contributed by atoms with Gasteiger partial charge in [0.1, 0.15) is 0 Å². The fourth-order valence-electron chi connectivity index (χ4n) is 2.72. The molecule has 0 fully saturated rings. The van der Waals surface area contributed by atoms with Gasteiger partial charge in [0.2, 0.25) is 5.91 Å². The molecule has 1 unspecified atom stereocenters. The zero-order valence-electron chi connectivity index (χ0n) is 14.6. The summed E-state index contributed by atoms with van der Waals surface area (Å²) in [5, 5.41) is 3.88. The van der Waals surface area contributed by atoms with Crippen molar-refractivity contribution < 1.29 is 4.79 Å². The van der Waals surface area contributed by atoms with Crippen LogP contribution < -0.4 is 5.32 Å². The van der Waals surface area contributed by atoms with E-state index in [4.69, 9.17) is 11.6 Å². The molecule has 3 nitrogen and oxygen atoms in total. The second-order valence-electron chi connectivity index (χ2n) is 6.47. The number of aryl methyl sites for hydroxylation is 2. The first kappa shape index (κ1) is 18.5. The number of carbonyl (C=O) groups is 1. The third-order valence-electron chi connectivity index (χ3n) is 4.11. The lowest BCUT2D eigenvalue weighted by Gasteiger charge is -2.23. The van der Waals surface area contributed by atoms with Crippen LogP contribution in [0.3, 0.4) is 0 Å². The predicted octanol–water partition coefficient (Wildman–Crippen LogP) is 4.88. The highest BCUT2D eigenvalue weighted by Crippen LogP contribution is 2.22. The van der Waals surface area contributed by atoms with E-state index in [1.807, 2.05) is 43.3 Å². The fraction of sp³-hybridized carbons (Fsp3) is 0.400. The van der Waals surface area contributed by atoms with Gasteiger partial charge in [0.25, 0.3) is 0 Å². The van der Waals surface area contributed by atoms with E-state index in [1.54, 1.807) is 6.20 Å². The monoisotopic (exact) mass is 344 g/mol. The minimum atomic E-state index is -0.0470. The molecule has 1 aromatic carbocycles. The number of carbonyl (C=O) groups excluding carboxylic acids is 1. The van der Waals surface area contributed by atoms with Gasteiger partial charge in [-0.2, -0.15) is 0 Å². The van der Waals surface area contributed by atoms with Crippen LogP contribution in [-0.2, 0) is 11.2 Å². The van der Waals surface area contributed by atoms with Crippen LogP contribution in [0.1, 0.15) is 49.6 Å². The molecule has 0 aliphatic rings. The number of halogens is 1. The number of hydrogen-bond donors (Lipinski definition) is 1. The van der Waals surface area contributed by atoms with Crippen molar-refractivity contribution in [2.45, 2.75) is 46.1 Å². The van der Waals surface area contributed by atoms with Gasteiger partial charge in [-0.15, -0.1) is 0 Å². The van der Waals surface area contributed by atoms with Crippen molar-refractivity contribution in [1.82, 2.24) is 10.3 Å². The Kier molecular flexibility index (Phi) is 6.80. The maximum atomic E-state index is 12.3. The molecule has 0 spiro atoms. The van der Waals surface area contributed by atoms with Crippen LogP contribution in [-0.4, -0.2) is 10.9 Å². The molecule has 0 aliphatic carbocycles. The highest BCUT2D eigenvalue weighted by Gasteiger charge is 2.20. The molecule has 1 atom stereocenters. The lowest BCUT2D eigenvalue weighted by atomic mass is 9.97. The Labute approximate surface area is 149 Å². The number of rotatable bonds is 7. The molecule has 1 N–H and O–H groups in total. The van der Waals surface area contributed by atoms with Gasteiger partial charge < -0.3 is 5.32 Å². The maximum Gasteiger partial charge on any atom is 0.220 e. The van der Waals surface area contributed by atoms with E-state index >= 15 is 0 Å². The van der Waals surface area contributed by atoms with Crippen molar-refractivity contribution in [2.75, 3.05) is 0 Å². The molecule has 1 amide bonds. The van der Waals surface area contributed by atoms with Crippen molar-refractivity contribution in [3.05, 3.63) is 64.4 Å². The van der Waals surface area contributed by atoms with E-state index in [0.717, 1.165) is 29.1 Å². The van der Waals surface area contributed by atoms with Gasteiger partial charge in [-0.25, -0.2) is 0 Å². The van der Waals surface area contributed by atoms with Crippen molar-refractivity contribution >= 4 is 17.5 Å². The van der Waals surface area contributed by atoms with E-state index in [1.165, 1.54) is 5.56 Å². The van der Waals surface area contributed by atoms with Crippen LogP contribution in [0.2, 0.25) is 5.02 Å². The molecule has 0 radical (unpaired) electrons. The molecular weight excluding hydrogens is 320 g/mol. The molecular formula is C20H25ClN2O. The minimum absolute atomic E-state index is 0.0470. The summed E-state index contributed by atoms with van der Waals surface area (Å²) in [6.07, 6.45) is 3.99. The molecule has 128 valence electrons. The fourth-order valence-corrected chi connectivity index (χ4v) is 2.85. The van der Waals surface area contributed by atoms with Crippen molar-refractivity contribution in [1.29, 1.82) is 0 Å². The Morgan fingerprint density at radius 3 is 2.54 bits per heavy atom. The molecule has 0 aliphatic heterocycles. The average molecular weight is 345 g/mol. The summed E-state index contributed by atoms with van der Waals surface area (Å²) in [7, 11) is 0. The van der Waals surface area contributed by atoms with Gasteiger partial charge in [-0.05, 0) is 55.0 Å². The van der Waals surface area contributed by atoms with Crippen LogP contribution in [0.5, 0.6) is 0 Å². The number of benzene rings is 1.